The first-order valence-corrected chi connectivity index (χ1v) is 7.80. The molecule has 0 spiro atoms. The van der Waals surface area contributed by atoms with Crippen molar-refractivity contribution in [3.05, 3.63) is 29.3 Å². The molecular weight excluding hydrogens is 248 g/mol. The van der Waals surface area contributed by atoms with E-state index < -0.39 is 0 Å². The van der Waals surface area contributed by atoms with E-state index in [4.69, 9.17) is 0 Å². The summed E-state index contributed by atoms with van der Waals surface area (Å²) >= 11 is 0. The van der Waals surface area contributed by atoms with Crippen LogP contribution in [0.4, 0.5) is 5.69 Å². The summed E-state index contributed by atoms with van der Waals surface area (Å²) in [5, 5.41) is 3.43. The fraction of sp³-hybridized carbons (Fsp3) is 0.588. The summed E-state index contributed by atoms with van der Waals surface area (Å²) in [6.45, 7) is 6.14. The van der Waals surface area contributed by atoms with Crippen LogP contribution < -0.4 is 10.2 Å². The molecule has 1 aromatic rings. The number of rotatable bonds is 1. The lowest BCUT2D eigenvalue weighted by Gasteiger charge is -2.36. The third-order valence-electron chi connectivity index (χ3n) is 4.66. The zero-order valence-corrected chi connectivity index (χ0v) is 12.5. The molecule has 0 radical (unpaired) electrons. The molecule has 1 fully saturated rings. The van der Waals surface area contributed by atoms with Crippen LogP contribution in [0.15, 0.2) is 18.2 Å². The molecule has 2 unspecified atom stereocenters. The van der Waals surface area contributed by atoms with Crippen LogP contribution in [0.3, 0.4) is 0 Å². The maximum absolute atomic E-state index is 12.9. The summed E-state index contributed by atoms with van der Waals surface area (Å²) in [7, 11) is 0. The summed E-state index contributed by atoms with van der Waals surface area (Å²) in [5.41, 5.74) is 3.76. The molecule has 1 amide bonds. The highest BCUT2D eigenvalue weighted by Gasteiger charge is 2.31. The second kappa shape index (κ2) is 5.57. The third-order valence-corrected chi connectivity index (χ3v) is 4.66. The number of hydrogen-bond acceptors (Lipinski definition) is 2. The predicted octanol–water partition coefficient (Wildman–Crippen LogP) is 2.66. The van der Waals surface area contributed by atoms with Gasteiger partial charge < -0.3 is 10.2 Å². The minimum atomic E-state index is 0.191. The fourth-order valence-electron chi connectivity index (χ4n) is 3.64. The highest BCUT2D eigenvalue weighted by molar-refractivity contribution is 5.97. The van der Waals surface area contributed by atoms with Gasteiger partial charge in [-0.1, -0.05) is 18.2 Å². The van der Waals surface area contributed by atoms with Gasteiger partial charge in [0.05, 0.1) is 0 Å². The first-order chi connectivity index (χ1) is 9.66. The second-order valence-electron chi connectivity index (χ2n) is 6.25. The SMILES string of the molecule is Cc1cccc2c1N(C(=O)C1CCNC(C)C1)CCC2. The monoisotopic (exact) mass is 272 g/mol. The van der Waals surface area contributed by atoms with Crippen molar-refractivity contribution in [3.8, 4) is 0 Å². The second-order valence-corrected chi connectivity index (χ2v) is 6.25. The maximum Gasteiger partial charge on any atom is 0.230 e. The van der Waals surface area contributed by atoms with Crippen molar-refractivity contribution in [2.24, 2.45) is 5.92 Å². The quantitative estimate of drug-likeness (QED) is 0.852. The summed E-state index contributed by atoms with van der Waals surface area (Å²) in [6, 6.07) is 6.86. The highest BCUT2D eigenvalue weighted by atomic mass is 16.2. The minimum Gasteiger partial charge on any atom is -0.314 e. The Hall–Kier alpha value is -1.35. The van der Waals surface area contributed by atoms with E-state index in [1.807, 2.05) is 0 Å². The number of benzene rings is 1. The maximum atomic E-state index is 12.9. The van der Waals surface area contributed by atoms with E-state index in [2.05, 4.69) is 42.3 Å². The van der Waals surface area contributed by atoms with Gasteiger partial charge in [-0.2, -0.15) is 0 Å². The number of nitrogens with zero attached hydrogens (tertiary/aromatic N) is 1. The average molecular weight is 272 g/mol. The molecule has 20 heavy (non-hydrogen) atoms. The number of aryl methyl sites for hydroxylation is 2. The molecular formula is C17H24N2O. The van der Waals surface area contributed by atoms with Crippen molar-refractivity contribution >= 4 is 11.6 Å². The number of para-hydroxylation sites is 1. The molecule has 2 atom stereocenters. The van der Waals surface area contributed by atoms with Crippen LogP contribution >= 0.6 is 0 Å². The van der Waals surface area contributed by atoms with E-state index >= 15 is 0 Å². The Morgan fingerprint density at radius 3 is 3.05 bits per heavy atom. The van der Waals surface area contributed by atoms with Crippen LogP contribution in [-0.4, -0.2) is 25.0 Å². The van der Waals surface area contributed by atoms with Crippen molar-refractivity contribution in [2.45, 2.75) is 45.6 Å². The lowest BCUT2D eigenvalue weighted by molar-refractivity contribution is -0.123. The average Bonchev–Trinajstić information content (AvgIpc) is 2.46. The molecule has 3 heteroatoms. The lowest BCUT2D eigenvalue weighted by atomic mass is 9.90. The number of hydrogen-bond donors (Lipinski definition) is 1. The standard InChI is InChI=1S/C17H24N2O/c1-12-5-3-6-14-7-4-10-19(16(12)14)17(20)15-8-9-18-13(2)11-15/h3,5-6,13,15,18H,4,7-11H2,1-2H3. The van der Waals surface area contributed by atoms with E-state index in [9.17, 15) is 4.79 Å². The molecule has 3 nitrogen and oxygen atoms in total. The number of piperidine rings is 1. The smallest absolute Gasteiger partial charge is 0.230 e. The minimum absolute atomic E-state index is 0.191. The van der Waals surface area contributed by atoms with Gasteiger partial charge in [0.15, 0.2) is 0 Å². The van der Waals surface area contributed by atoms with E-state index in [0.717, 1.165) is 38.8 Å². The van der Waals surface area contributed by atoms with E-state index in [-0.39, 0.29) is 5.92 Å². The first-order valence-electron chi connectivity index (χ1n) is 7.80. The Morgan fingerprint density at radius 1 is 1.40 bits per heavy atom. The number of amides is 1. The summed E-state index contributed by atoms with van der Waals surface area (Å²) in [5.74, 6) is 0.533. The Bertz CT molecular complexity index is 512. The van der Waals surface area contributed by atoms with Gasteiger partial charge in [0.25, 0.3) is 0 Å². The summed E-state index contributed by atoms with van der Waals surface area (Å²) in [4.78, 5) is 15.0. The van der Waals surface area contributed by atoms with Gasteiger partial charge in [-0.05, 0) is 57.2 Å². The highest BCUT2D eigenvalue weighted by Crippen LogP contribution is 2.33. The molecule has 0 saturated carbocycles. The first kappa shape index (κ1) is 13.6. The molecule has 2 heterocycles. The van der Waals surface area contributed by atoms with Crippen molar-refractivity contribution in [2.75, 3.05) is 18.0 Å². The number of anilines is 1. The van der Waals surface area contributed by atoms with Gasteiger partial charge in [-0.3, -0.25) is 4.79 Å². The predicted molar refractivity (Wildman–Crippen MR) is 82.0 cm³/mol. The summed E-state index contributed by atoms with van der Waals surface area (Å²) < 4.78 is 0. The zero-order valence-electron chi connectivity index (χ0n) is 12.5. The molecule has 1 saturated heterocycles. The Balaban J connectivity index is 1.86. The topological polar surface area (TPSA) is 32.3 Å². The van der Waals surface area contributed by atoms with Crippen molar-refractivity contribution in [1.29, 1.82) is 0 Å². The van der Waals surface area contributed by atoms with Crippen LogP contribution in [0.5, 0.6) is 0 Å². The molecule has 0 aliphatic carbocycles. The normalized spacial score (nSPS) is 26.2. The fourth-order valence-corrected chi connectivity index (χ4v) is 3.64. The van der Waals surface area contributed by atoms with E-state index in [0.29, 0.717) is 11.9 Å². The number of fused-ring (bicyclic) bond motifs is 1. The van der Waals surface area contributed by atoms with Gasteiger partial charge in [-0.25, -0.2) is 0 Å². The molecule has 2 aliphatic heterocycles. The van der Waals surface area contributed by atoms with Gasteiger partial charge >= 0.3 is 0 Å². The van der Waals surface area contributed by atoms with Gasteiger partial charge in [0.1, 0.15) is 0 Å². The number of carbonyl (C=O) groups excluding carboxylic acids is 1. The molecule has 0 bridgehead atoms. The van der Waals surface area contributed by atoms with Crippen LogP contribution in [0.1, 0.15) is 37.3 Å². The Morgan fingerprint density at radius 2 is 2.25 bits per heavy atom. The Labute approximate surface area is 121 Å². The third kappa shape index (κ3) is 2.47. The Kier molecular flexibility index (Phi) is 3.79. The van der Waals surface area contributed by atoms with Crippen LogP contribution in [0.2, 0.25) is 0 Å². The largest absolute Gasteiger partial charge is 0.314 e. The van der Waals surface area contributed by atoms with Crippen molar-refractivity contribution in [1.82, 2.24) is 5.32 Å². The van der Waals surface area contributed by atoms with Crippen molar-refractivity contribution in [3.63, 3.8) is 0 Å². The van der Waals surface area contributed by atoms with Crippen LogP contribution in [-0.2, 0) is 11.2 Å². The summed E-state index contributed by atoms with van der Waals surface area (Å²) in [6.07, 6.45) is 4.13. The number of carbonyl (C=O) groups is 1. The van der Waals surface area contributed by atoms with Gasteiger partial charge in [-0.15, -0.1) is 0 Å². The van der Waals surface area contributed by atoms with Crippen LogP contribution in [0, 0.1) is 12.8 Å². The molecule has 0 aromatic heterocycles. The molecule has 108 valence electrons. The number of nitrogens with one attached hydrogen (secondary N) is 1. The van der Waals surface area contributed by atoms with E-state index in [1.54, 1.807) is 0 Å². The van der Waals surface area contributed by atoms with E-state index in [1.165, 1.54) is 16.8 Å². The molecule has 1 aromatic carbocycles. The zero-order chi connectivity index (χ0) is 14.1. The van der Waals surface area contributed by atoms with Gasteiger partial charge in [0.2, 0.25) is 5.91 Å². The molecule has 1 N–H and O–H groups in total. The molecule has 2 aliphatic rings. The lowest BCUT2D eigenvalue weighted by Crippen LogP contribution is -2.46. The molecule has 3 rings (SSSR count). The van der Waals surface area contributed by atoms with Crippen LogP contribution in [0.25, 0.3) is 0 Å². The van der Waals surface area contributed by atoms with Crippen molar-refractivity contribution < 1.29 is 4.79 Å². The van der Waals surface area contributed by atoms with Gasteiger partial charge in [0, 0.05) is 24.2 Å².